The molecular weight excluding hydrogens is 419 g/mol. The number of hydrogen-bond donors (Lipinski definition) is 1. The van der Waals surface area contributed by atoms with E-state index in [9.17, 15) is 13.6 Å². The van der Waals surface area contributed by atoms with Crippen molar-refractivity contribution in [3.05, 3.63) is 44.6 Å². The third-order valence-electron chi connectivity index (χ3n) is 6.69. The van der Waals surface area contributed by atoms with Crippen LogP contribution in [0, 0.1) is 24.0 Å². The lowest BCUT2D eigenvalue weighted by molar-refractivity contribution is 0.00578. The second-order valence-corrected chi connectivity index (χ2v) is 11.5. The molecule has 1 N–H and O–H groups in total. The number of halogens is 2. The second kappa shape index (κ2) is 7.12. The molecule has 1 aliphatic heterocycles. The maximum atomic E-state index is 14.9. The number of rotatable bonds is 3. The van der Waals surface area contributed by atoms with Crippen molar-refractivity contribution in [3.63, 3.8) is 0 Å². The Morgan fingerprint density at radius 1 is 1.06 bits per heavy atom. The van der Waals surface area contributed by atoms with E-state index in [2.05, 4.69) is 19.2 Å². The third kappa shape index (κ3) is 3.83. The van der Waals surface area contributed by atoms with Crippen molar-refractivity contribution in [1.29, 1.82) is 0 Å². The first-order valence-corrected chi connectivity index (χ1v) is 11.3. The van der Waals surface area contributed by atoms with E-state index in [4.69, 9.17) is 9.31 Å². The summed E-state index contributed by atoms with van der Waals surface area (Å²) in [7, 11) is -0.763. The molecule has 166 valence electrons. The first-order chi connectivity index (χ1) is 14.2. The average molecular weight is 447 g/mol. The average Bonchev–Trinajstić information content (AvgIpc) is 3.17. The van der Waals surface area contributed by atoms with Crippen LogP contribution in [-0.4, -0.2) is 24.2 Å². The van der Waals surface area contributed by atoms with Gasteiger partial charge < -0.3 is 14.6 Å². The third-order valence-corrected chi connectivity index (χ3v) is 7.90. The van der Waals surface area contributed by atoms with Crippen molar-refractivity contribution in [3.8, 4) is 0 Å². The van der Waals surface area contributed by atoms with Gasteiger partial charge in [-0.05, 0) is 76.0 Å². The summed E-state index contributed by atoms with van der Waals surface area (Å²) in [4.78, 5) is 13.8. The first-order valence-electron chi connectivity index (χ1n) is 10.5. The summed E-state index contributed by atoms with van der Waals surface area (Å²) < 4.78 is 41.5. The van der Waals surface area contributed by atoms with E-state index < -0.39 is 35.9 Å². The summed E-state index contributed by atoms with van der Waals surface area (Å²) in [5, 5.41) is 2.70. The highest BCUT2D eigenvalue weighted by Crippen LogP contribution is 2.43. The molecule has 31 heavy (non-hydrogen) atoms. The van der Waals surface area contributed by atoms with Gasteiger partial charge in [-0.15, -0.1) is 11.3 Å². The number of amides is 1. The number of thiophene rings is 1. The Labute approximate surface area is 186 Å². The minimum atomic E-state index is -0.763. The van der Waals surface area contributed by atoms with E-state index in [-0.39, 0.29) is 16.0 Å². The number of nitrogens with one attached hydrogen (secondary N) is 1. The summed E-state index contributed by atoms with van der Waals surface area (Å²) in [6.07, 6.45) is 1.37. The van der Waals surface area contributed by atoms with E-state index >= 15 is 0 Å². The molecule has 1 aromatic heterocycles. The van der Waals surface area contributed by atoms with Crippen LogP contribution in [0.25, 0.3) is 0 Å². The molecule has 2 heterocycles. The molecule has 8 heteroatoms. The summed E-state index contributed by atoms with van der Waals surface area (Å²) in [5.41, 5.74) is 0.900. The summed E-state index contributed by atoms with van der Waals surface area (Å²) in [5.74, 6) is -1.55. The number of carbonyl (C=O) groups excluding carboxylic acids is 1. The second-order valence-electron chi connectivity index (χ2n) is 10.4. The van der Waals surface area contributed by atoms with E-state index in [1.165, 1.54) is 23.5 Å². The number of benzene rings is 1. The summed E-state index contributed by atoms with van der Waals surface area (Å²) in [6.45, 7) is 13.6. The quantitative estimate of drug-likeness (QED) is 0.673. The molecule has 1 amide bonds. The SMILES string of the molecule is Cc1c(NC(=O)c2sc3c(c2F)CC(C)(C)C3)cc(F)cc1B1OC(C)(C)C(C)(C)O1. The monoisotopic (exact) mass is 447 g/mol. The Morgan fingerprint density at radius 2 is 1.68 bits per heavy atom. The van der Waals surface area contributed by atoms with Crippen LogP contribution in [0.15, 0.2) is 12.1 Å². The molecule has 0 unspecified atom stereocenters. The highest BCUT2D eigenvalue weighted by molar-refractivity contribution is 7.14. The molecule has 0 saturated carbocycles. The van der Waals surface area contributed by atoms with Crippen molar-refractivity contribution in [1.82, 2.24) is 0 Å². The standard InChI is InChI=1S/C23H28BF2NO3S/c1-12-15(24-29-22(4,5)23(6,7)30-24)8-13(25)9-16(12)27-20(28)19-18(26)14-10-21(2,3)11-17(14)31-19/h8-9H,10-11H2,1-7H3,(H,27,28). The van der Waals surface area contributed by atoms with E-state index in [1.54, 1.807) is 6.92 Å². The zero-order valence-corrected chi connectivity index (χ0v) is 19.9. The zero-order chi connectivity index (χ0) is 22.9. The number of fused-ring (bicyclic) bond motifs is 1. The zero-order valence-electron chi connectivity index (χ0n) is 19.0. The Kier molecular flexibility index (Phi) is 5.15. The van der Waals surface area contributed by atoms with Gasteiger partial charge in [0.1, 0.15) is 16.5 Å². The minimum Gasteiger partial charge on any atom is -0.399 e. The fraction of sp³-hybridized carbons (Fsp3) is 0.522. The summed E-state index contributed by atoms with van der Waals surface area (Å²) in [6, 6.07) is 2.60. The van der Waals surface area contributed by atoms with Gasteiger partial charge in [-0.2, -0.15) is 0 Å². The maximum absolute atomic E-state index is 14.9. The maximum Gasteiger partial charge on any atom is 0.495 e. The van der Waals surface area contributed by atoms with E-state index in [0.29, 0.717) is 23.0 Å². The van der Waals surface area contributed by atoms with Crippen molar-refractivity contribution >= 4 is 35.5 Å². The van der Waals surface area contributed by atoms with Crippen LogP contribution < -0.4 is 10.8 Å². The smallest absolute Gasteiger partial charge is 0.399 e. The van der Waals surface area contributed by atoms with Crippen LogP contribution in [0.1, 0.15) is 67.2 Å². The van der Waals surface area contributed by atoms with E-state index in [1.807, 2.05) is 27.7 Å². The molecule has 2 aliphatic rings. The van der Waals surface area contributed by atoms with Gasteiger partial charge in [-0.3, -0.25) is 4.79 Å². The highest BCUT2D eigenvalue weighted by atomic mass is 32.1. The lowest BCUT2D eigenvalue weighted by Crippen LogP contribution is -2.41. The van der Waals surface area contributed by atoms with Gasteiger partial charge in [-0.25, -0.2) is 8.78 Å². The highest BCUT2D eigenvalue weighted by Gasteiger charge is 2.52. The molecule has 4 nitrogen and oxygen atoms in total. The molecule has 0 bridgehead atoms. The molecule has 2 aromatic rings. The van der Waals surface area contributed by atoms with Crippen LogP contribution >= 0.6 is 11.3 Å². The Hall–Kier alpha value is -1.77. The number of carbonyl (C=O) groups is 1. The lowest BCUT2D eigenvalue weighted by atomic mass is 9.75. The predicted octanol–water partition coefficient (Wildman–Crippen LogP) is 5.01. The van der Waals surface area contributed by atoms with Gasteiger partial charge in [0, 0.05) is 16.1 Å². The molecule has 0 atom stereocenters. The fourth-order valence-electron chi connectivity index (χ4n) is 4.15. The Bertz CT molecular complexity index is 1060. The predicted molar refractivity (Wildman–Crippen MR) is 120 cm³/mol. The van der Waals surface area contributed by atoms with Crippen LogP contribution in [-0.2, 0) is 22.2 Å². The molecule has 1 saturated heterocycles. The van der Waals surface area contributed by atoms with Gasteiger partial charge in [0.2, 0.25) is 0 Å². The minimum absolute atomic E-state index is 0.00783. The van der Waals surface area contributed by atoms with Gasteiger partial charge in [0.05, 0.1) is 11.2 Å². The largest absolute Gasteiger partial charge is 0.495 e. The van der Waals surface area contributed by atoms with Gasteiger partial charge in [0.15, 0.2) is 0 Å². The van der Waals surface area contributed by atoms with Crippen molar-refractivity contribution < 1.29 is 22.9 Å². The summed E-state index contributed by atoms with van der Waals surface area (Å²) >= 11 is 1.19. The van der Waals surface area contributed by atoms with Crippen molar-refractivity contribution in [2.45, 2.75) is 72.5 Å². The molecule has 4 rings (SSSR count). The fourth-order valence-corrected chi connectivity index (χ4v) is 5.50. The normalized spacial score (nSPS) is 20.7. The van der Waals surface area contributed by atoms with Crippen LogP contribution in [0.2, 0.25) is 0 Å². The Morgan fingerprint density at radius 3 is 2.26 bits per heavy atom. The van der Waals surface area contributed by atoms with Crippen LogP contribution in [0.5, 0.6) is 0 Å². The topological polar surface area (TPSA) is 47.6 Å². The van der Waals surface area contributed by atoms with Crippen molar-refractivity contribution in [2.75, 3.05) is 5.32 Å². The molecule has 0 spiro atoms. The Balaban J connectivity index is 1.62. The van der Waals surface area contributed by atoms with E-state index in [0.717, 1.165) is 11.3 Å². The van der Waals surface area contributed by atoms with Gasteiger partial charge in [0.25, 0.3) is 5.91 Å². The lowest BCUT2D eigenvalue weighted by Gasteiger charge is -2.32. The molecule has 1 fully saturated rings. The molecule has 0 radical (unpaired) electrons. The first kappa shape index (κ1) is 22.4. The van der Waals surface area contributed by atoms with Crippen LogP contribution in [0.3, 0.4) is 0 Å². The number of anilines is 1. The van der Waals surface area contributed by atoms with Gasteiger partial charge >= 0.3 is 7.12 Å². The van der Waals surface area contributed by atoms with Crippen molar-refractivity contribution in [2.24, 2.45) is 5.41 Å². The number of hydrogen-bond acceptors (Lipinski definition) is 4. The molecular formula is C23H28BF2NO3S. The molecule has 1 aromatic carbocycles. The molecule has 1 aliphatic carbocycles. The van der Waals surface area contributed by atoms with Crippen LogP contribution in [0.4, 0.5) is 14.5 Å². The van der Waals surface area contributed by atoms with Gasteiger partial charge in [-0.1, -0.05) is 13.8 Å².